The van der Waals surface area contributed by atoms with E-state index in [4.69, 9.17) is 21.1 Å². The second-order valence-electron chi connectivity index (χ2n) is 6.05. The van der Waals surface area contributed by atoms with Crippen molar-refractivity contribution in [1.82, 2.24) is 14.8 Å². The van der Waals surface area contributed by atoms with Crippen molar-refractivity contribution >= 4 is 23.4 Å². The summed E-state index contributed by atoms with van der Waals surface area (Å²) in [6, 6.07) is 11.8. The van der Waals surface area contributed by atoms with Crippen LogP contribution in [0.4, 0.5) is 4.39 Å². The van der Waals surface area contributed by atoms with E-state index in [1.807, 2.05) is 42.7 Å². The second-order valence-corrected chi connectivity index (χ2v) is 7.39. The minimum atomic E-state index is -0.345. The van der Waals surface area contributed by atoms with Gasteiger partial charge in [0.05, 0.1) is 7.11 Å². The van der Waals surface area contributed by atoms with Crippen LogP contribution in [-0.4, -0.2) is 21.9 Å². The molecule has 28 heavy (non-hydrogen) atoms. The van der Waals surface area contributed by atoms with Gasteiger partial charge in [-0.15, -0.1) is 10.2 Å². The monoisotopic (exact) mass is 421 g/mol. The van der Waals surface area contributed by atoms with Gasteiger partial charge in [-0.05, 0) is 55.8 Å². The molecule has 0 spiro atoms. The molecule has 0 aliphatic heterocycles. The van der Waals surface area contributed by atoms with E-state index >= 15 is 0 Å². The smallest absolute Gasteiger partial charge is 0.191 e. The number of ether oxygens (including phenoxy) is 2. The number of thioether (sulfide) groups is 1. The van der Waals surface area contributed by atoms with Gasteiger partial charge in [0.25, 0.3) is 0 Å². The Morgan fingerprint density at radius 3 is 2.50 bits per heavy atom. The zero-order valence-electron chi connectivity index (χ0n) is 15.9. The van der Waals surface area contributed by atoms with Crippen LogP contribution in [0, 0.1) is 5.82 Å². The number of rotatable bonds is 8. The third kappa shape index (κ3) is 4.77. The van der Waals surface area contributed by atoms with Gasteiger partial charge in [-0.2, -0.15) is 0 Å². The highest BCUT2D eigenvalue weighted by Gasteiger charge is 2.19. The average Bonchev–Trinajstić information content (AvgIpc) is 3.11. The SMILES string of the molecule is CCn1c(SCc2ccc(F)cc2Cl)nnc1C(C)Oc1ccc(OC)cc1. The molecule has 0 amide bonds. The van der Waals surface area contributed by atoms with E-state index in [0.29, 0.717) is 17.3 Å². The van der Waals surface area contributed by atoms with Crippen LogP contribution in [0.1, 0.15) is 31.3 Å². The number of methoxy groups -OCH3 is 1. The molecule has 0 fully saturated rings. The summed E-state index contributed by atoms with van der Waals surface area (Å²) >= 11 is 7.62. The molecule has 5 nitrogen and oxygen atoms in total. The molecule has 0 saturated heterocycles. The fourth-order valence-electron chi connectivity index (χ4n) is 2.70. The van der Waals surface area contributed by atoms with Gasteiger partial charge < -0.3 is 14.0 Å². The van der Waals surface area contributed by atoms with Crippen molar-refractivity contribution in [1.29, 1.82) is 0 Å². The molecule has 1 aromatic heterocycles. The van der Waals surface area contributed by atoms with Crippen LogP contribution in [0.5, 0.6) is 11.5 Å². The standard InChI is InChI=1S/C20H21ClFN3O2S/c1-4-25-19(13(2)27-17-9-7-16(26-3)8-10-17)23-24-20(25)28-12-14-5-6-15(22)11-18(14)21/h5-11,13H,4,12H2,1-3H3. The van der Waals surface area contributed by atoms with Gasteiger partial charge in [-0.25, -0.2) is 4.39 Å². The highest BCUT2D eigenvalue weighted by molar-refractivity contribution is 7.98. The van der Waals surface area contributed by atoms with Gasteiger partial charge in [0.1, 0.15) is 17.3 Å². The molecule has 8 heteroatoms. The molecule has 3 rings (SSSR count). The summed E-state index contributed by atoms with van der Waals surface area (Å²) < 4.78 is 26.4. The first-order valence-corrected chi connectivity index (χ1v) is 10.2. The maximum atomic E-state index is 13.2. The predicted molar refractivity (Wildman–Crippen MR) is 109 cm³/mol. The molecule has 0 bridgehead atoms. The number of halogens is 2. The summed E-state index contributed by atoms with van der Waals surface area (Å²) in [7, 11) is 1.63. The molecule has 1 atom stereocenters. The normalized spacial score (nSPS) is 12.0. The fraction of sp³-hybridized carbons (Fsp3) is 0.300. The molecule has 1 unspecified atom stereocenters. The lowest BCUT2D eigenvalue weighted by Crippen LogP contribution is -2.12. The Kier molecular flexibility index (Phi) is 6.80. The van der Waals surface area contributed by atoms with Crippen LogP contribution in [0.25, 0.3) is 0 Å². The molecule has 0 aliphatic rings. The Balaban J connectivity index is 1.71. The summed E-state index contributed by atoms with van der Waals surface area (Å²) in [5.41, 5.74) is 0.850. The third-order valence-corrected chi connectivity index (χ3v) is 5.54. The van der Waals surface area contributed by atoms with E-state index in [9.17, 15) is 4.39 Å². The number of nitrogens with zero attached hydrogens (tertiary/aromatic N) is 3. The van der Waals surface area contributed by atoms with Crippen molar-refractivity contribution in [2.24, 2.45) is 0 Å². The lowest BCUT2D eigenvalue weighted by molar-refractivity contribution is 0.209. The van der Waals surface area contributed by atoms with E-state index in [1.165, 1.54) is 23.9 Å². The Labute approximate surface area is 172 Å². The van der Waals surface area contributed by atoms with E-state index < -0.39 is 0 Å². The van der Waals surface area contributed by atoms with E-state index in [-0.39, 0.29) is 11.9 Å². The van der Waals surface area contributed by atoms with Crippen LogP contribution in [0.2, 0.25) is 5.02 Å². The van der Waals surface area contributed by atoms with Crippen molar-refractivity contribution in [2.75, 3.05) is 7.11 Å². The largest absolute Gasteiger partial charge is 0.497 e. The van der Waals surface area contributed by atoms with Crippen LogP contribution in [0.15, 0.2) is 47.6 Å². The van der Waals surface area contributed by atoms with Gasteiger partial charge >= 0.3 is 0 Å². The maximum absolute atomic E-state index is 13.2. The lowest BCUT2D eigenvalue weighted by atomic mass is 10.2. The van der Waals surface area contributed by atoms with Crippen molar-refractivity contribution in [2.45, 2.75) is 37.4 Å². The number of benzene rings is 2. The summed E-state index contributed by atoms with van der Waals surface area (Å²) in [6.07, 6.45) is -0.274. The third-order valence-electron chi connectivity index (χ3n) is 4.17. The van der Waals surface area contributed by atoms with Crippen molar-refractivity contribution in [3.8, 4) is 11.5 Å². The Morgan fingerprint density at radius 2 is 1.86 bits per heavy atom. The zero-order valence-corrected chi connectivity index (χ0v) is 17.4. The highest BCUT2D eigenvalue weighted by atomic mass is 35.5. The summed E-state index contributed by atoms with van der Waals surface area (Å²) in [5.74, 6) is 2.47. The molecule has 0 aliphatic carbocycles. The quantitative estimate of drug-likeness (QED) is 0.447. The number of hydrogen-bond donors (Lipinski definition) is 0. The van der Waals surface area contributed by atoms with Crippen LogP contribution in [-0.2, 0) is 12.3 Å². The van der Waals surface area contributed by atoms with Crippen molar-refractivity contribution < 1.29 is 13.9 Å². The Bertz CT molecular complexity index is 934. The predicted octanol–water partition coefficient (Wildman–Crippen LogP) is 5.53. The van der Waals surface area contributed by atoms with Crippen LogP contribution in [0.3, 0.4) is 0 Å². The maximum Gasteiger partial charge on any atom is 0.191 e. The number of hydrogen-bond acceptors (Lipinski definition) is 5. The van der Waals surface area contributed by atoms with E-state index in [1.54, 1.807) is 13.2 Å². The molecule has 0 N–H and O–H groups in total. The first-order chi connectivity index (χ1) is 13.5. The lowest BCUT2D eigenvalue weighted by Gasteiger charge is -2.16. The summed E-state index contributed by atoms with van der Waals surface area (Å²) in [5, 5.41) is 9.79. The molecule has 148 valence electrons. The molecule has 3 aromatic rings. The van der Waals surface area contributed by atoms with Crippen molar-refractivity contribution in [3.05, 3.63) is 64.7 Å². The zero-order chi connectivity index (χ0) is 20.1. The molecular weight excluding hydrogens is 401 g/mol. The Hall–Kier alpha value is -2.25. The molecule has 1 heterocycles. The fourth-order valence-corrected chi connectivity index (χ4v) is 4.02. The van der Waals surface area contributed by atoms with Crippen LogP contribution >= 0.6 is 23.4 Å². The van der Waals surface area contributed by atoms with Gasteiger partial charge in [-0.1, -0.05) is 29.4 Å². The van der Waals surface area contributed by atoms with Gasteiger partial charge in [-0.3, -0.25) is 0 Å². The molecule has 2 aromatic carbocycles. The van der Waals surface area contributed by atoms with E-state index in [0.717, 1.165) is 28.0 Å². The van der Waals surface area contributed by atoms with E-state index in [2.05, 4.69) is 10.2 Å². The first kappa shape index (κ1) is 20.5. The molecular formula is C20H21ClFN3O2S. The van der Waals surface area contributed by atoms with Crippen molar-refractivity contribution in [3.63, 3.8) is 0 Å². The van der Waals surface area contributed by atoms with Crippen LogP contribution < -0.4 is 9.47 Å². The Morgan fingerprint density at radius 1 is 1.14 bits per heavy atom. The minimum absolute atomic E-state index is 0.274. The first-order valence-electron chi connectivity index (χ1n) is 8.82. The van der Waals surface area contributed by atoms with Gasteiger partial charge in [0.15, 0.2) is 17.1 Å². The van der Waals surface area contributed by atoms with Gasteiger partial charge in [0.2, 0.25) is 0 Å². The summed E-state index contributed by atoms with van der Waals surface area (Å²) in [4.78, 5) is 0. The highest BCUT2D eigenvalue weighted by Crippen LogP contribution is 2.29. The average molecular weight is 422 g/mol. The molecule has 0 radical (unpaired) electrons. The summed E-state index contributed by atoms with van der Waals surface area (Å²) in [6.45, 7) is 4.67. The second kappa shape index (κ2) is 9.30. The molecule has 0 saturated carbocycles. The minimum Gasteiger partial charge on any atom is -0.497 e. The number of aromatic nitrogens is 3. The topological polar surface area (TPSA) is 49.2 Å². The van der Waals surface area contributed by atoms with Gasteiger partial charge in [0, 0.05) is 17.3 Å².